The lowest BCUT2D eigenvalue weighted by Crippen LogP contribution is -2.36. The van der Waals surface area contributed by atoms with E-state index in [1.165, 1.54) is 17.5 Å². The summed E-state index contributed by atoms with van der Waals surface area (Å²) in [5, 5.41) is 5.94. The fourth-order valence-electron chi connectivity index (χ4n) is 3.11. The molecule has 0 aromatic heterocycles. The number of benzene rings is 1. The third kappa shape index (κ3) is 5.36. The molecule has 0 heterocycles. The lowest BCUT2D eigenvalue weighted by molar-refractivity contribution is -0.128. The number of nitrogens with one attached hydrogen (secondary N) is 2. The second kappa shape index (κ2) is 8.32. The molecule has 0 saturated heterocycles. The molecule has 2 N–H and O–H groups in total. The number of hydrogen-bond donors (Lipinski definition) is 2. The Balaban J connectivity index is 1.68. The molecule has 0 bridgehead atoms. The van der Waals surface area contributed by atoms with Gasteiger partial charge in [-0.25, -0.2) is 0 Å². The summed E-state index contributed by atoms with van der Waals surface area (Å²) in [6.07, 6.45) is 4.61. The van der Waals surface area contributed by atoms with Crippen molar-refractivity contribution in [3.8, 4) is 0 Å². The van der Waals surface area contributed by atoms with E-state index in [-0.39, 0.29) is 17.2 Å². The normalized spacial score (nSPS) is 17.0. The molecule has 0 saturated carbocycles. The van der Waals surface area contributed by atoms with Crippen molar-refractivity contribution < 1.29 is 9.59 Å². The molecule has 132 valence electrons. The third-order valence-corrected chi connectivity index (χ3v) is 4.59. The van der Waals surface area contributed by atoms with Crippen LogP contribution in [-0.4, -0.2) is 24.9 Å². The topological polar surface area (TPSA) is 58.2 Å². The Hall–Kier alpha value is -1.84. The largest absolute Gasteiger partial charge is 0.356 e. The summed E-state index contributed by atoms with van der Waals surface area (Å²) < 4.78 is 0. The van der Waals surface area contributed by atoms with Crippen molar-refractivity contribution in [2.24, 2.45) is 5.41 Å². The molecule has 2 amide bonds. The molecule has 4 nitrogen and oxygen atoms in total. The zero-order chi connectivity index (χ0) is 17.6. The molecule has 24 heavy (non-hydrogen) atoms. The van der Waals surface area contributed by atoms with Gasteiger partial charge in [0.2, 0.25) is 11.8 Å². The van der Waals surface area contributed by atoms with Gasteiger partial charge < -0.3 is 10.6 Å². The highest BCUT2D eigenvalue weighted by atomic mass is 16.2. The van der Waals surface area contributed by atoms with Crippen LogP contribution in [0.25, 0.3) is 0 Å². The van der Waals surface area contributed by atoms with Crippen molar-refractivity contribution in [1.82, 2.24) is 10.6 Å². The molecule has 1 unspecified atom stereocenters. The van der Waals surface area contributed by atoms with Crippen LogP contribution in [0.2, 0.25) is 0 Å². The van der Waals surface area contributed by atoms with Gasteiger partial charge in [-0.3, -0.25) is 9.59 Å². The Bertz CT molecular complexity index is 575. The molecule has 1 aromatic carbocycles. The number of carbonyl (C=O) groups is 2. The van der Waals surface area contributed by atoms with Crippen LogP contribution in [0.1, 0.15) is 63.5 Å². The Morgan fingerprint density at radius 1 is 1.17 bits per heavy atom. The first-order chi connectivity index (χ1) is 11.4. The molecule has 0 spiro atoms. The number of amides is 2. The monoisotopic (exact) mass is 330 g/mol. The molecular formula is C20H30N2O2. The highest BCUT2D eigenvalue weighted by Crippen LogP contribution is 2.30. The predicted molar refractivity (Wildman–Crippen MR) is 96.8 cm³/mol. The highest BCUT2D eigenvalue weighted by Gasteiger charge is 2.21. The number of rotatable bonds is 6. The van der Waals surface area contributed by atoms with Gasteiger partial charge >= 0.3 is 0 Å². The first kappa shape index (κ1) is 18.5. The van der Waals surface area contributed by atoms with Crippen molar-refractivity contribution in [3.63, 3.8) is 0 Å². The molecule has 1 atom stereocenters. The molecule has 0 fully saturated rings. The van der Waals surface area contributed by atoms with E-state index in [2.05, 4.69) is 34.9 Å². The van der Waals surface area contributed by atoms with Crippen molar-refractivity contribution >= 4 is 11.8 Å². The van der Waals surface area contributed by atoms with Crippen LogP contribution in [-0.2, 0) is 16.0 Å². The lowest BCUT2D eigenvalue weighted by Gasteiger charge is -2.25. The minimum Gasteiger partial charge on any atom is -0.356 e. The summed E-state index contributed by atoms with van der Waals surface area (Å²) >= 11 is 0. The average molecular weight is 330 g/mol. The van der Waals surface area contributed by atoms with Crippen molar-refractivity contribution in [2.75, 3.05) is 13.1 Å². The Morgan fingerprint density at radius 2 is 1.92 bits per heavy atom. The van der Waals surface area contributed by atoms with Crippen LogP contribution in [0.4, 0.5) is 0 Å². The van der Waals surface area contributed by atoms with Gasteiger partial charge in [0.1, 0.15) is 0 Å². The third-order valence-electron chi connectivity index (χ3n) is 4.59. The van der Waals surface area contributed by atoms with Gasteiger partial charge in [0, 0.05) is 30.8 Å². The number of carbonyl (C=O) groups excluding carboxylic acids is 2. The van der Waals surface area contributed by atoms with Crippen LogP contribution in [0.5, 0.6) is 0 Å². The maximum atomic E-state index is 12.0. The Labute approximate surface area is 145 Å². The van der Waals surface area contributed by atoms with Crippen LogP contribution in [0.3, 0.4) is 0 Å². The van der Waals surface area contributed by atoms with Crippen molar-refractivity contribution in [3.05, 3.63) is 35.4 Å². The number of hydrogen-bond acceptors (Lipinski definition) is 2. The van der Waals surface area contributed by atoms with Gasteiger partial charge in [-0.2, -0.15) is 0 Å². The van der Waals surface area contributed by atoms with E-state index in [0.29, 0.717) is 31.8 Å². The maximum absolute atomic E-state index is 12.0. The van der Waals surface area contributed by atoms with Gasteiger partial charge in [-0.1, -0.05) is 45.0 Å². The zero-order valence-electron chi connectivity index (χ0n) is 15.2. The standard InChI is InChI=1S/C20H30N2O2/c1-20(2,3)19(24)21-13-7-12-18(23)22-14-16-10-6-9-15-8-4-5-11-17(15)16/h4-5,8,11,16H,6-7,9-10,12-14H2,1-3H3,(H,21,24)(H,22,23). The van der Waals surface area contributed by atoms with E-state index in [9.17, 15) is 9.59 Å². The van der Waals surface area contributed by atoms with E-state index < -0.39 is 0 Å². The molecule has 4 heteroatoms. The van der Waals surface area contributed by atoms with Crippen molar-refractivity contribution in [2.45, 2.75) is 58.8 Å². The molecule has 1 aliphatic carbocycles. The average Bonchev–Trinajstić information content (AvgIpc) is 2.55. The Kier molecular flexibility index (Phi) is 6.41. The van der Waals surface area contributed by atoms with Crippen molar-refractivity contribution in [1.29, 1.82) is 0 Å². The maximum Gasteiger partial charge on any atom is 0.225 e. The molecule has 1 aromatic rings. The smallest absolute Gasteiger partial charge is 0.225 e. The second-order valence-corrected chi connectivity index (χ2v) is 7.70. The van der Waals surface area contributed by atoms with Crippen LogP contribution in [0, 0.1) is 5.41 Å². The molecule has 1 aliphatic rings. The second-order valence-electron chi connectivity index (χ2n) is 7.70. The van der Waals surface area contributed by atoms with Crippen LogP contribution >= 0.6 is 0 Å². The number of aryl methyl sites for hydroxylation is 1. The van der Waals surface area contributed by atoms with Gasteiger partial charge in [0.25, 0.3) is 0 Å². The van der Waals surface area contributed by atoms with E-state index >= 15 is 0 Å². The first-order valence-corrected chi connectivity index (χ1v) is 9.00. The first-order valence-electron chi connectivity index (χ1n) is 9.00. The minimum absolute atomic E-state index is 0.0294. The number of fused-ring (bicyclic) bond motifs is 1. The fourth-order valence-corrected chi connectivity index (χ4v) is 3.11. The van der Waals surface area contributed by atoms with E-state index in [1.807, 2.05) is 20.8 Å². The van der Waals surface area contributed by atoms with Gasteiger partial charge in [-0.15, -0.1) is 0 Å². The molecular weight excluding hydrogens is 300 g/mol. The van der Waals surface area contributed by atoms with Crippen LogP contribution < -0.4 is 10.6 Å². The highest BCUT2D eigenvalue weighted by molar-refractivity contribution is 5.81. The molecule has 0 radical (unpaired) electrons. The summed E-state index contributed by atoms with van der Waals surface area (Å²) in [6.45, 7) is 6.92. The molecule has 0 aliphatic heterocycles. The summed E-state index contributed by atoms with van der Waals surface area (Å²) in [5.41, 5.74) is 2.44. The minimum atomic E-state index is -0.378. The SMILES string of the molecule is CC(C)(C)C(=O)NCCCC(=O)NCC1CCCc2ccccc21. The lowest BCUT2D eigenvalue weighted by atomic mass is 9.83. The van der Waals surface area contributed by atoms with Crippen LogP contribution in [0.15, 0.2) is 24.3 Å². The fraction of sp³-hybridized carbons (Fsp3) is 0.600. The summed E-state index contributed by atoms with van der Waals surface area (Å²) in [7, 11) is 0. The summed E-state index contributed by atoms with van der Waals surface area (Å²) in [5.74, 6) is 0.532. The van der Waals surface area contributed by atoms with E-state index in [4.69, 9.17) is 0 Å². The van der Waals surface area contributed by atoms with E-state index in [1.54, 1.807) is 0 Å². The quantitative estimate of drug-likeness (QED) is 0.787. The van der Waals surface area contributed by atoms with Gasteiger partial charge in [0.15, 0.2) is 0 Å². The summed E-state index contributed by atoms with van der Waals surface area (Å²) in [6, 6.07) is 8.55. The zero-order valence-corrected chi connectivity index (χ0v) is 15.2. The summed E-state index contributed by atoms with van der Waals surface area (Å²) in [4.78, 5) is 23.8. The predicted octanol–water partition coefficient (Wildman–Crippen LogP) is 3.17. The van der Waals surface area contributed by atoms with E-state index in [0.717, 1.165) is 12.8 Å². The van der Waals surface area contributed by atoms with Gasteiger partial charge in [0.05, 0.1) is 0 Å². The van der Waals surface area contributed by atoms with Gasteiger partial charge in [-0.05, 0) is 36.8 Å². The molecule has 2 rings (SSSR count). The Morgan fingerprint density at radius 3 is 2.67 bits per heavy atom.